The fourth-order valence-electron chi connectivity index (χ4n) is 1.81. The highest BCUT2D eigenvalue weighted by Crippen LogP contribution is 2.29. The summed E-state index contributed by atoms with van der Waals surface area (Å²) in [5.74, 6) is -0.890. The van der Waals surface area contributed by atoms with Crippen LogP contribution in [0, 0.1) is 0 Å². The Bertz CT molecular complexity index is 569. The third kappa shape index (κ3) is 2.88. The predicted molar refractivity (Wildman–Crippen MR) is 73.9 cm³/mol. The van der Waals surface area contributed by atoms with Crippen molar-refractivity contribution in [2.75, 3.05) is 5.32 Å². The smallest absolute Gasteiger partial charge is 0.326 e. The molecule has 6 heteroatoms. The molecule has 0 saturated carbocycles. The number of hydrogen-bond donors (Lipinski definition) is 2. The number of benzene rings is 1. The molecule has 2 rings (SSSR count). The Labute approximate surface area is 115 Å². The molecule has 1 atom stereocenters. The molecule has 0 radical (unpaired) electrons. The van der Waals surface area contributed by atoms with Crippen molar-refractivity contribution in [1.29, 1.82) is 0 Å². The van der Waals surface area contributed by atoms with E-state index in [2.05, 4.69) is 10.3 Å². The van der Waals surface area contributed by atoms with Crippen LogP contribution in [0.3, 0.4) is 0 Å². The highest BCUT2D eigenvalue weighted by molar-refractivity contribution is 6.33. The van der Waals surface area contributed by atoms with E-state index in [0.717, 1.165) is 0 Å². The van der Waals surface area contributed by atoms with Gasteiger partial charge in [0.05, 0.1) is 22.7 Å². The van der Waals surface area contributed by atoms with Crippen molar-refractivity contribution in [2.24, 2.45) is 0 Å². The van der Waals surface area contributed by atoms with E-state index in [4.69, 9.17) is 16.7 Å². The van der Waals surface area contributed by atoms with Gasteiger partial charge in [0.1, 0.15) is 6.04 Å². The zero-order valence-electron chi connectivity index (χ0n) is 10.4. The van der Waals surface area contributed by atoms with Gasteiger partial charge >= 0.3 is 5.97 Å². The highest BCUT2D eigenvalue weighted by Gasteiger charge is 2.17. The van der Waals surface area contributed by atoms with Crippen LogP contribution in [0.25, 0.3) is 5.69 Å². The van der Waals surface area contributed by atoms with Crippen LogP contribution < -0.4 is 5.32 Å². The molecule has 1 aromatic carbocycles. The van der Waals surface area contributed by atoms with Crippen LogP contribution in [0.2, 0.25) is 5.02 Å². The quantitative estimate of drug-likeness (QED) is 0.883. The molecular weight excluding hydrogens is 266 g/mol. The summed E-state index contributed by atoms with van der Waals surface area (Å²) >= 11 is 6.19. The molecule has 0 saturated heterocycles. The number of imidazole rings is 1. The van der Waals surface area contributed by atoms with Gasteiger partial charge in [-0.15, -0.1) is 0 Å². The van der Waals surface area contributed by atoms with Crippen LogP contribution in [0.1, 0.15) is 13.3 Å². The first-order valence-electron chi connectivity index (χ1n) is 5.89. The number of carboxylic acids is 1. The monoisotopic (exact) mass is 279 g/mol. The molecule has 1 unspecified atom stereocenters. The van der Waals surface area contributed by atoms with Gasteiger partial charge in [-0.3, -0.25) is 0 Å². The van der Waals surface area contributed by atoms with E-state index in [1.807, 2.05) is 6.92 Å². The highest BCUT2D eigenvalue weighted by atomic mass is 35.5. The van der Waals surface area contributed by atoms with E-state index in [1.165, 1.54) is 0 Å². The van der Waals surface area contributed by atoms with Crippen LogP contribution >= 0.6 is 11.6 Å². The summed E-state index contributed by atoms with van der Waals surface area (Å²) < 4.78 is 1.75. The summed E-state index contributed by atoms with van der Waals surface area (Å²) in [6, 6.07) is 4.68. The van der Waals surface area contributed by atoms with E-state index in [-0.39, 0.29) is 0 Å². The first kappa shape index (κ1) is 13.4. The fraction of sp³-hybridized carbons (Fsp3) is 0.231. The number of rotatable bonds is 5. The largest absolute Gasteiger partial charge is 0.480 e. The van der Waals surface area contributed by atoms with Crippen molar-refractivity contribution >= 4 is 23.3 Å². The summed E-state index contributed by atoms with van der Waals surface area (Å²) in [4.78, 5) is 15.1. The Balaban J connectivity index is 2.41. The van der Waals surface area contributed by atoms with E-state index in [9.17, 15) is 4.79 Å². The standard InChI is InChI=1S/C13H14ClN3O2/c1-2-10(13(18)19)16-11-5-3-4-9(14)12(11)17-7-6-15-8-17/h3-8,10,16H,2H2,1H3,(H,18,19). The van der Waals surface area contributed by atoms with Gasteiger partial charge in [0.15, 0.2) is 0 Å². The number of aliphatic carboxylic acids is 1. The van der Waals surface area contributed by atoms with Crippen molar-refractivity contribution in [2.45, 2.75) is 19.4 Å². The number of nitrogens with zero attached hydrogens (tertiary/aromatic N) is 2. The lowest BCUT2D eigenvalue weighted by molar-refractivity contribution is -0.137. The Morgan fingerprint density at radius 1 is 1.58 bits per heavy atom. The predicted octanol–water partition coefficient (Wildman–Crippen LogP) is 2.80. The lowest BCUT2D eigenvalue weighted by Gasteiger charge is -2.18. The zero-order chi connectivity index (χ0) is 13.8. The Morgan fingerprint density at radius 2 is 2.37 bits per heavy atom. The lowest BCUT2D eigenvalue weighted by Crippen LogP contribution is -2.28. The average Bonchev–Trinajstić information content (AvgIpc) is 2.89. The summed E-state index contributed by atoms with van der Waals surface area (Å²) in [5.41, 5.74) is 1.36. The van der Waals surface area contributed by atoms with Crippen molar-refractivity contribution in [3.05, 3.63) is 41.9 Å². The van der Waals surface area contributed by atoms with Gasteiger partial charge in [-0.1, -0.05) is 24.6 Å². The van der Waals surface area contributed by atoms with Gasteiger partial charge in [0.25, 0.3) is 0 Å². The Hall–Kier alpha value is -2.01. The first-order chi connectivity index (χ1) is 9.13. The van der Waals surface area contributed by atoms with E-state index >= 15 is 0 Å². The van der Waals surface area contributed by atoms with Crippen molar-refractivity contribution in [3.8, 4) is 5.69 Å². The number of carbonyl (C=O) groups is 1. The number of carboxylic acid groups (broad SMARTS) is 1. The molecule has 1 aromatic heterocycles. The number of hydrogen-bond acceptors (Lipinski definition) is 3. The zero-order valence-corrected chi connectivity index (χ0v) is 11.1. The SMILES string of the molecule is CCC(Nc1cccc(Cl)c1-n1ccnc1)C(=O)O. The summed E-state index contributed by atoms with van der Waals surface area (Å²) in [7, 11) is 0. The summed E-state index contributed by atoms with van der Waals surface area (Å²) in [6.07, 6.45) is 5.50. The van der Waals surface area contributed by atoms with Crippen molar-refractivity contribution in [3.63, 3.8) is 0 Å². The summed E-state index contributed by atoms with van der Waals surface area (Å²) in [6.45, 7) is 1.81. The van der Waals surface area contributed by atoms with Gasteiger partial charge in [-0.25, -0.2) is 9.78 Å². The van der Waals surface area contributed by atoms with Crippen LogP contribution in [0.5, 0.6) is 0 Å². The number of para-hydroxylation sites is 1. The topological polar surface area (TPSA) is 67.2 Å². The molecule has 1 heterocycles. The molecule has 100 valence electrons. The van der Waals surface area contributed by atoms with Gasteiger partial charge in [-0.05, 0) is 18.6 Å². The number of aromatic nitrogens is 2. The molecule has 0 fully saturated rings. The molecule has 0 aliphatic rings. The molecule has 2 aromatic rings. The second kappa shape index (κ2) is 5.75. The normalized spacial score (nSPS) is 12.1. The maximum absolute atomic E-state index is 11.1. The molecule has 0 amide bonds. The van der Waals surface area contributed by atoms with Gasteiger partial charge in [0.2, 0.25) is 0 Å². The van der Waals surface area contributed by atoms with E-state index in [0.29, 0.717) is 22.8 Å². The second-order valence-electron chi connectivity index (χ2n) is 4.05. The third-order valence-electron chi connectivity index (χ3n) is 2.79. The molecular formula is C13H14ClN3O2. The minimum absolute atomic E-state index is 0.477. The van der Waals surface area contributed by atoms with Crippen molar-refractivity contribution in [1.82, 2.24) is 9.55 Å². The minimum atomic E-state index is -0.890. The first-order valence-corrected chi connectivity index (χ1v) is 6.27. The third-order valence-corrected chi connectivity index (χ3v) is 3.09. The maximum atomic E-state index is 11.1. The molecule has 5 nitrogen and oxygen atoms in total. The minimum Gasteiger partial charge on any atom is -0.480 e. The van der Waals surface area contributed by atoms with Crippen LogP contribution in [0.4, 0.5) is 5.69 Å². The molecule has 2 N–H and O–H groups in total. The Kier molecular flexibility index (Phi) is 4.06. The number of halogens is 1. The number of nitrogens with one attached hydrogen (secondary N) is 1. The van der Waals surface area contributed by atoms with Crippen LogP contribution in [-0.4, -0.2) is 26.7 Å². The van der Waals surface area contributed by atoms with Crippen LogP contribution in [0.15, 0.2) is 36.9 Å². The molecule has 0 aliphatic heterocycles. The van der Waals surface area contributed by atoms with Gasteiger partial charge in [-0.2, -0.15) is 0 Å². The van der Waals surface area contributed by atoms with E-state index < -0.39 is 12.0 Å². The molecule has 19 heavy (non-hydrogen) atoms. The van der Waals surface area contributed by atoms with Crippen molar-refractivity contribution < 1.29 is 9.90 Å². The lowest BCUT2D eigenvalue weighted by atomic mass is 10.2. The summed E-state index contributed by atoms with van der Waals surface area (Å²) in [5, 5.41) is 12.6. The van der Waals surface area contributed by atoms with Gasteiger partial charge < -0.3 is 15.0 Å². The van der Waals surface area contributed by atoms with Crippen LogP contribution in [-0.2, 0) is 4.79 Å². The molecule has 0 spiro atoms. The average molecular weight is 280 g/mol. The number of anilines is 1. The Morgan fingerprint density at radius 3 is 2.95 bits per heavy atom. The fourth-order valence-corrected chi connectivity index (χ4v) is 2.08. The molecule has 0 aliphatic carbocycles. The maximum Gasteiger partial charge on any atom is 0.326 e. The van der Waals surface area contributed by atoms with Gasteiger partial charge in [0, 0.05) is 12.4 Å². The van der Waals surface area contributed by atoms with E-state index in [1.54, 1.807) is 41.5 Å². The second-order valence-corrected chi connectivity index (χ2v) is 4.46. The molecule has 0 bridgehead atoms.